The summed E-state index contributed by atoms with van der Waals surface area (Å²) in [5.74, 6) is -1.59. The number of carbonyl (C=O) groups is 2. The second-order valence-corrected chi connectivity index (χ2v) is 8.44. The zero-order valence-electron chi connectivity index (χ0n) is 15.9. The molecular weight excluding hydrogens is 423 g/mol. The quantitative estimate of drug-likeness (QED) is 0.526. The Morgan fingerprint density at radius 3 is 2.07 bits per heavy atom. The van der Waals surface area contributed by atoms with Gasteiger partial charge in [-0.3, -0.25) is 4.79 Å². The van der Waals surface area contributed by atoms with Crippen LogP contribution in [-0.4, -0.2) is 54.4 Å². The number of hydrogen-bond donors (Lipinski definition) is 1. The van der Waals surface area contributed by atoms with Gasteiger partial charge in [0.05, 0.1) is 7.11 Å². The van der Waals surface area contributed by atoms with Crippen molar-refractivity contribution in [3.05, 3.63) is 29.8 Å². The molecule has 0 heterocycles. The number of phenols is 1. The average molecular weight is 443 g/mol. The van der Waals surface area contributed by atoms with Crippen molar-refractivity contribution < 1.29 is 50.6 Å². The van der Waals surface area contributed by atoms with Gasteiger partial charge in [-0.2, -0.15) is 21.6 Å². The maximum atomic E-state index is 13.1. The molecule has 29 heavy (non-hydrogen) atoms. The predicted molar refractivity (Wildman–Crippen MR) is 91.7 cm³/mol. The number of rotatable bonds is 6. The summed E-state index contributed by atoms with van der Waals surface area (Å²) in [5.41, 5.74) is -6.97. The van der Waals surface area contributed by atoms with E-state index < -0.39 is 50.2 Å². The fourth-order valence-electron chi connectivity index (χ4n) is 1.96. The minimum atomic E-state index is -6.31. The van der Waals surface area contributed by atoms with Crippen molar-refractivity contribution in [2.24, 2.45) is 0 Å². The van der Waals surface area contributed by atoms with Crippen molar-refractivity contribution in [2.45, 2.75) is 44.3 Å². The lowest BCUT2D eigenvalue weighted by atomic mass is 10.1. The number of carbonyl (C=O) groups excluding carboxylic acids is 2. The van der Waals surface area contributed by atoms with Gasteiger partial charge in [0.15, 0.2) is 6.04 Å². The van der Waals surface area contributed by atoms with Crippen molar-refractivity contribution in [3.8, 4) is 5.75 Å². The van der Waals surface area contributed by atoms with E-state index in [-0.39, 0.29) is 11.3 Å². The Hall–Kier alpha value is -2.54. The van der Waals surface area contributed by atoms with E-state index in [1.165, 1.54) is 45.0 Å². The Morgan fingerprint density at radius 2 is 1.66 bits per heavy atom. The Balaban J connectivity index is 3.40. The van der Waals surface area contributed by atoms with Crippen LogP contribution in [-0.2, 0) is 35.5 Å². The van der Waals surface area contributed by atoms with Gasteiger partial charge in [0.2, 0.25) is 0 Å². The maximum absolute atomic E-state index is 13.1. The SMILES string of the molecule is COC(=O)[C@H](Cc1ccc(O)cc1)N(OC(=O)OC(C)(C)C)S(=O)(=O)C(F)(F)F. The fraction of sp³-hybridized carbons (Fsp3) is 0.500. The number of methoxy groups -OCH3 is 1. The van der Waals surface area contributed by atoms with Gasteiger partial charge in [0.25, 0.3) is 0 Å². The molecule has 0 saturated heterocycles. The van der Waals surface area contributed by atoms with Gasteiger partial charge >= 0.3 is 27.7 Å². The summed E-state index contributed by atoms with van der Waals surface area (Å²) >= 11 is 0. The number of aromatic hydroxyl groups is 1. The molecular formula is C16H20F3NO8S. The molecule has 0 aliphatic carbocycles. The average Bonchev–Trinajstić information content (AvgIpc) is 2.56. The van der Waals surface area contributed by atoms with Gasteiger partial charge in [-0.05, 0) is 42.9 Å². The number of halogens is 3. The van der Waals surface area contributed by atoms with Crippen LogP contribution in [0.2, 0.25) is 0 Å². The van der Waals surface area contributed by atoms with Crippen LogP contribution in [0.15, 0.2) is 24.3 Å². The van der Waals surface area contributed by atoms with E-state index >= 15 is 0 Å². The van der Waals surface area contributed by atoms with E-state index in [2.05, 4.69) is 14.3 Å². The molecule has 1 aromatic carbocycles. The fourth-order valence-corrected chi connectivity index (χ4v) is 2.82. The van der Waals surface area contributed by atoms with Crippen molar-refractivity contribution in [2.75, 3.05) is 7.11 Å². The van der Waals surface area contributed by atoms with E-state index in [9.17, 15) is 36.3 Å². The van der Waals surface area contributed by atoms with E-state index in [0.717, 1.165) is 7.11 Å². The lowest BCUT2D eigenvalue weighted by molar-refractivity contribution is -0.163. The number of hydroxylamine groups is 1. The number of phenolic OH excluding ortho intramolecular Hbond substituents is 1. The first-order chi connectivity index (χ1) is 13.1. The molecule has 1 N–H and O–H groups in total. The summed E-state index contributed by atoms with van der Waals surface area (Å²) in [4.78, 5) is 28.3. The highest BCUT2D eigenvalue weighted by Gasteiger charge is 2.56. The first kappa shape index (κ1) is 24.5. The molecule has 1 atom stereocenters. The van der Waals surface area contributed by atoms with E-state index in [4.69, 9.17) is 0 Å². The molecule has 0 bridgehead atoms. The van der Waals surface area contributed by atoms with Crippen LogP contribution in [0.4, 0.5) is 18.0 Å². The third-order valence-electron chi connectivity index (χ3n) is 3.18. The second-order valence-electron chi connectivity index (χ2n) is 6.67. The monoisotopic (exact) mass is 443 g/mol. The van der Waals surface area contributed by atoms with Crippen molar-refractivity contribution >= 4 is 22.1 Å². The molecule has 1 aromatic rings. The highest BCUT2D eigenvalue weighted by molar-refractivity contribution is 7.89. The first-order valence-electron chi connectivity index (χ1n) is 7.96. The Kier molecular flexibility index (Phi) is 7.49. The first-order valence-corrected chi connectivity index (χ1v) is 9.40. The molecule has 0 unspecified atom stereocenters. The molecule has 0 saturated carbocycles. The molecule has 13 heteroatoms. The number of hydrogen-bond acceptors (Lipinski definition) is 8. The third-order valence-corrected chi connectivity index (χ3v) is 4.56. The second kappa shape index (κ2) is 8.86. The zero-order chi connectivity index (χ0) is 22.6. The molecule has 0 aliphatic rings. The van der Waals surface area contributed by atoms with Gasteiger partial charge in [0.1, 0.15) is 11.4 Å². The Bertz CT molecular complexity index is 831. The summed E-state index contributed by atoms with van der Waals surface area (Å²) in [6, 6.07) is 2.58. The molecule has 0 aliphatic heterocycles. The molecule has 0 amide bonds. The standard InChI is InChI=1S/C16H20F3NO8S/c1-15(2,3)27-14(23)28-20(29(24,25)16(17,18)19)12(13(22)26-4)9-10-5-7-11(21)8-6-10/h5-8,12,21H,9H2,1-4H3/t12-/m0/s1. The smallest absolute Gasteiger partial charge is 0.508 e. The van der Waals surface area contributed by atoms with Crippen LogP contribution in [0.5, 0.6) is 5.75 Å². The van der Waals surface area contributed by atoms with Crippen LogP contribution in [0, 0.1) is 0 Å². The highest BCUT2D eigenvalue weighted by Crippen LogP contribution is 2.30. The van der Waals surface area contributed by atoms with E-state index in [1.54, 1.807) is 0 Å². The summed E-state index contributed by atoms with van der Waals surface area (Å²) < 4.78 is 71.7. The van der Waals surface area contributed by atoms with Crippen LogP contribution in [0.25, 0.3) is 0 Å². The number of ether oxygens (including phenoxy) is 2. The number of sulfonamides is 1. The molecule has 0 spiro atoms. The number of benzene rings is 1. The van der Waals surface area contributed by atoms with Gasteiger partial charge in [-0.25, -0.2) is 4.79 Å². The van der Waals surface area contributed by atoms with Crippen molar-refractivity contribution in [1.82, 2.24) is 4.47 Å². The lowest BCUT2D eigenvalue weighted by Gasteiger charge is -2.28. The van der Waals surface area contributed by atoms with E-state index in [0.29, 0.717) is 0 Å². The Morgan fingerprint density at radius 1 is 1.14 bits per heavy atom. The maximum Gasteiger partial charge on any atom is 0.529 e. The molecule has 1 rings (SSSR count). The Labute approximate surface area is 165 Å². The zero-order valence-corrected chi connectivity index (χ0v) is 16.7. The molecule has 164 valence electrons. The van der Waals surface area contributed by atoms with Crippen LogP contribution >= 0.6 is 0 Å². The molecule has 0 radical (unpaired) electrons. The summed E-state index contributed by atoms with van der Waals surface area (Å²) in [5, 5.41) is 9.29. The normalized spacial score (nSPS) is 13.7. The molecule has 9 nitrogen and oxygen atoms in total. The number of alkyl halides is 3. The van der Waals surface area contributed by atoms with Gasteiger partial charge in [-0.1, -0.05) is 12.1 Å². The molecule has 0 fully saturated rings. The largest absolute Gasteiger partial charge is 0.529 e. The van der Waals surface area contributed by atoms with Crippen LogP contribution in [0.1, 0.15) is 26.3 Å². The lowest BCUT2D eigenvalue weighted by Crippen LogP contribution is -2.52. The third kappa shape index (κ3) is 6.78. The van der Waals surface area contributed by atoms with Crippen LogP contribution in [0.3, 0.4) is 0 Å². The van der Waals surface area contributed by atoms with Gasteiger partial charge < -0.3 is 19.4 Å². The number of esters is 1. The van der Waals surface area contributed by atoms with Crippen molar-refractivity contribution in [1.29, 1.82) is 0 Å². The van der Waals surface area contributed by atoms with Gasteiger partial charge in [0, 0.05) is 6.42 Å². The van der Waals surface area contributed by atoms with E-state index in [1.807, 2.05) is 0 Å². The van der Waals surface area contributed by atoms with Crippen molar-refractivity contribution in [3.63, 3.8) is 0 Å². The minimum Gasteiger partial charge on any atom is -0.508 e. The van der Waals surface area contributed by atoms with Crippen LogP contribution < -0.4 is 0 Å². The summed E-state index contributed by atoms with van der Waals surface area (Å²) in [7, 11) is -5.49. The summed E-state index contributed by atoms with van der Waals surface area (Å²) in [6.45, 7) is 4.10. The number of nitrogens with zero attached hydrogens (tertiary/aromatic N) is 1. The highest BCUT2D eigenvalue weighted by atomic mass is 32.2. The molecule has 0 aromatic heterocycles. The summed E-state index contributed by atoms with van der Waals surface area (Å²) in [6.07, 6.45) is -2.43. The topological polar surface area (TPSA) is 119 Å². The van der Waals surface area contributed by atoms with Gasteiger partial charge in [-0.15, -0.1) is 0 Å². The predicted octanol–water partition coefficient (Wildman–Crippen LogP) is 2.49. The minimum absolute atomic E-state index is 0.147.